The number of carbonyl (C=O) groups excluding carboxylic acids is 1. The third kappa shape index (κ3) is 2.64. The molecule has 0 unspecified atom stereocenters. The summed E-state index contributed by atoms with van der Waals surface area (Å²) in [4.78, 5) is 17.3. The average molecular weight is 339 g/mol. The smallest absolute Gasteiger partial charge is 0.265 e. The van der Waals surface area contributed by atoms with Crippen molar-refractivity contribution in [2.24, 2.45) is 0 Å². The van der Waals surface area contributed by atoms with Gasteiger partial charge in [0.1, 0.15) is 5.75 Å². The van der Waals surface area contributed by atoms with Gasteiger partial charge in [-0.25, -0.2) is 13.4 Å². The van der Waals surface area contributed by atoms with Gasteiger partial charge in [-0.15, -0.1) is 11.3 Å². The van der Waals surface area contributed by atoms with Crippen LogP contribution in [0.25, 0.3) is 0 Å². The number of rotatable bonds is 4. The number of hydrogen-bond acceptors (Lipinski definition) is 6. The summed E-state index contributed by atoms with van der Waals surface area (Å²) in [6.45, 7) is 2.23. The number of fused-ring (bicyclic) bond motifs is 1. The van der Waals surface area contributed by atoms with Crippen LogP contribution < -0.4 is 14.4 Å². The fourth-order valence-electron chi connectivity index (χ4n) is 2.14. The first-order valence-electron chi connectivity index (χ1n) is 6.51. The van der Waals surface area contributed by atoms with Gasteiger partial charge in [0, 0.05) is 18.1 Å². The number of sulfonamides is 1. The number of likely N-dealkylation sites (N-methyl/N-ethyl adjacent to an activating group) is 1. The molecule has 1 amide bonds. The first-order chi connectivity index (χ1) is 10.5. The van der Waals surface area contributed by atoms with Crippen molar-refractivity contribution in [3.05, 3.63) is 29.8 Å². The van der Waals surface area contributed by atoms with Crippen molar-refractivity contribution in [3.8, 4) is 5.75 Å². The first-order valence-corrected chi connectivity index (χ1v) is 8.87. The molecule has 0 aliphatic carbocycles. The maximum Gasteiger partial charge on any atom is 0.265 e. The van der Waals surface area contributed by atoms with Crippen molar-refractivity contribution in [1.29, 1.82) is 0 Å². The third-order valence-electron chi connectivity index (χ3n) is 3.15. The molecule has 0 fully saturated rings. The summed E-state index contributed by atoms with van der Waals surface area (Å²) in [6, 6.07) is 4.44. The molecule has 0 spiro atoms. The van der Waals surface area contributed by atoms with E-state index in [0.29, 0.717) is 18.0 Å². The summed E-state index contributed by atoms with van der Waals surface area (Å²) in [5.74, 6) is 0.298. The van der Waals surface area contributed by atoms with E-state index < -0.39 is 10.0 Å². The highest BCUT2D eigenvalue weighted by Crippen LogP contribution is 2.34. The molecule has 0 atom stereocenters. The van der Waals surface area contributed by atoms with Gasteiger partial charge in [-0.05, 0) is 25.1 Å². The largest absolute Gasteiger partial charge is 0.482 e. The number of carbonyl (C=O) groups is 1. The summed E-state index contributed by atoms with van der Waals surface area (Å²) in [5.41, 5.74) is 0.459. The minimum Gasteiger partial charge on any atom is -0.482 e. The van der Waals surface area contributed by atoms with Crippen LogP contribution in [0.2, 0.25) is 0 Å². The summed E-state index contributed by atoms with van der Waals surface area (Å²) in [7, 11) is -3.76. The van der Waals surface area contributed by atoms with Crippen molar-refractivity contribution in [3.63, 3.8) is 0 Å². The van der Waals surface area contributed by atoms with Crippen LogP contribution in [0.15, 0.2) is 34.7 Å². The van der Waals surface area contributed by atoms with Gasteiger partial charge < -0.3 is 9.64 Å². The normalized spacial score (nSPS) is 14.4. The molecule has 0 bridgehead atoms. The minimum atomic E-state index is -3.76. The standard InChI is InChI=1S/C13H13N3O4S2/c1-2-16-10-7-9(3-4-11(10)20-8-12(16)17)22(18,19)15-13-14-5-6-21-13/h3-7H,2,8H2,1H3,(H,14,15). The van der Waals surface area contributed by atoms with Gasteiger partial charge in [0.25, 0.3) is 15.9 Å². The molecule has 2 heterocycles. The molecule has 116 valence electrons. The second-order valence-corrected chi connectivity index (χ2v) is 7.08. The number of amides is 1. The fraction of sp³-hybridized carbons (Fsp3) is 0.231. The molecule has 0 saturated carbocycles. The van der Waals surface area contributed by atoms with Crippen molar-refractivity contribution < 1.29 is 17.9 Å². The second-order valence-electron chi connectivity index (χ2n) is 4.50. The van der Waals surface area contributed by atoms with Crippen LogP contribution in [0.4, 0.5) is 10.8 Å². The van der Waals surface area contributed by atoms with Gasteiger partial charge in [-0.2, -0.15) is 0 Å². The number of anilines is 2. The van der Waals surface area contributed by atoms with Crippen molar-refractivity contribution >= 4 is 38.1 Å². The number of nitrogens with one attached hydrogen (secondary N) is 1. The van der Waals surface area contributed by atoms with Gasteiger partial charge in [0.15, 0.2) is 11.7 Å². The Kier molecular flexibility index (Phi) is 3.75. The first kappa shape index (κ1) is 14.8. The Balaban J connectivity index is 1.99. The van der Waals surface area contributed by atoms with E-state index >= 15 is 0 Å². The Labute approximate surface area is 131 Å². The summed E-state index contributed by atoms with van der Waals surface area (Å²) >= 11 is 1.19. The topological polar surface area (TPSA) is 88.6 Å². The van der Waals surface area contributed by atoms with Gasteiger partial charge in [-0.1, -0.05) is 0 Å². The highest BCUT2D eigenvalue weighted by molar-refractivity contribution is 7.93. The zero-order chi connectivity index (χ0) is 15.7. The van der Waals surface area contributed by atoms with Crippen LogP contribution in [-0.4, -0.2) is 32.5 Å². The molecule has 7 nitrogen and oxygen atoms in total. The van der Waals surface area contributed by atoms with E-state index in [4.69, 9.17) is 4.74 Å². The average Bonchev–Trinajstić information content (AvgIpc) is 2.98. The van der Waals surface area contributed by atoms with Crippen LogP contribution in [0, 0.1) is 0 Å². The monoisotopic (exact) mass is 339 g/mol. The number of aromatic nitrogens is 1. The maximum atomic E-state index is 12.4. The Hall–Kier alpha value is -2.13. The number of nitrogens with zero attached hydrogens (tertiary/aromatic N) is 2. The van der Waals surface area contributed by atoms with Gasteiger partial charge in [-0.3, -0.25) is 9.52 Å². The lowest BCUT2D eigenvalue weighted by molar-refractivity contribution is -0.121. The number of ether oxygens (including phenoxy) is 1. The molecule has 1 N–H and O–H groups in total. The molecule has 9 heteroatoms. The van der Waals surface area contributed by atoms with E-state index in [1.807, 2.05) is 6.92 Å². The van der Waals surface area contributed by atoms with Crippen LogP contribution >= 0.6 is 11.3 Å². The highest BCUT2D eigenvalue weighted by atomic mass is 32.2. The van der Waals surface area contributed by atoms with E-state index in [-0.39, 0.29) is 22.5 Å². The Morgan fingerprint density at radius 2 is 2.27 bits per heavy atom. The van der Waals surface area contributed by atoms with Gasteiger partial charge >= 0.3 is 0 Å². The predicted molar refractivity (Wildman–Crippen MR) is 82.9 cm³/mol. The van der Waals surface area contributed by atoms with E-state index in [9.17, 15) is 13.2 Å². The zero-order valence-corrected chi connectivity index (χ0v) is 13.3. The molecule has 0 radical (unpaired) electrons. The second kappa shape index (κ2) is 5.58. The van der Waals surface area contributed by atoms with Gasteiger partial charge in [0.2, 0.25) is 0 Å². The van der Waals surface area contributed by atoms with Crippen LogP contribution in [0.3, 0.4) is 0 Å². The zero-order valence-electron chi connectivity index (χ0n) is 11.6. The predicted octanol–water partition coefficient (Wildman–Crippen LogP) is 1.69. The van der Waals surface area contributed by atoms with Crippen molar-refractivity contribution in [2.45, 2.75) is 11.8 Å². The number of benzene rings is 1. The molecule has 3 rings (SSSR count). The molecule has 2 aromatic rings. The molecule has 1 aliphatic heterocycles. The lowest BCUT2D eigenvalue weighted by atomic mass is 10.2. The fourth-order valence-corrected chi connectivity index (χ4v) is 3.95. The number of thiazole rings is 1. The third-order valence-corrected chi connectivity index (χ3v) is 5.31. The quantitative estimate of drug-likeness (QED) is 0.916. The maximum absolute atomic E-state index is 12.4. The molecule has 1 aliphatic rings. The van der Waals surface area contributed by atoms with Crippen molar-refractivity contribution in [2.75, 3.05) is 22.8 Å². The molecule has 1 aromatic carbocycles. The molecule has 22 heavy (non-hydrogen) atoms. The Bertz CT molecular complexity index is 803. The molecule has 0 saturated heterocycles. The SMILES string of the molecule is CCN1C(=O)COc2ccc(S(=O)(=O)Nc3nccs3)cc21. The Morgan fingerprint density at radius 1 is 1.45 bits per heavy atom. The van der Waals surface area contributed by atoms with Crippen molar-refractivity contribution in [1.82, 2.24) is 4.98 Å². The van der Waals surface area contributed by atoms with Crippen LogP contribution in [0.1, 0.15) is 6.92 Å². The van der Waals surface area contributed by atoms with E-state index in [1.165, 1.54) is 34.6 Å². The molecular weight excluding hydrogens is 326 g/mol. The molecule has 1 aromatic heterocycles. The number of hydrogen-bond donors (Lipinski definition) is 1. The van der Waals surface area contributed by atoms with Gasteiger partial charge in [0.05, 0.1) is 10.6 Å². The van der Waals surface area contributed by atoms with E-state index in [1.54, 1.807) is 11.4 Å². The van der Waals surface area contributed by atoms with E-state index in [2.05, 4.69) is 9.71 Å². The summed E-state index contributed by atoms with van der Waals surface area (Å²) < 4.78 is 32.5. The lowest BCUT2D eigenvalue weighted by Gasteiger charge is -2.28. The lowest BCUT2D eigenvalue weighted by Crippen LogP contribution is -2.38. The van der Waals surface area contributed by atoms with Crippen LogP contribution in [-0.2, 0) is 14.8 Å². The summed E-state index contributed by atoms with van der Waals surface area (Å²) in [5, 5.41) is 1.97. The molecular formula is C13H13N3O4S2. The summed E-state index contributed by atoms with van der Waals surface area (Å²) in [6.07, 6.45) is 1.51. The van der Waals surface area contributed by atoms with Crippen LogP contribution in [0.5, 0.6) is 5.75 Å². The Morgan fingerprint density at radius 3 is 2.95 bits per heavy atom. The minimum absolute atomic E-state index is 0.0374. The van der Waals surface area contributed by atoms with E-state index in [0.717, 1.165) is 0 Å². The highest BCUT2D eigenvalue weighted by Gasteiger charge is 2.26.